The lowest BCUT2D eigenvalue weighted by atomic mass is 10.1. The van der Waals surface area contributed by atoms with Crippen LogP contribution in [0.1, 0.15) is 13.8 Å². The van der Waals surface area contributed by atoms with Crippen LogP contribution in [0, 0.1) is 5.92 Å². The van der Waals surface area contributed by atoms with Crippen LogP contribution in [0.3, 0.4) is 0 Å². The van der Waals surface area contributed by atoms with E-state index in [0.29, 0.717) is 0 Å². The van der Waals surface area contributed by atoms with Gasteiger partial charge in [-0.3, -0.25) is 14.4 Å². The van der Waals surface area contributed by atoms with Crippen LogP contribution in [-0.2, 0) is 14.4 Å². The predicted molar refractivity (Wildman–Crippen MR) is 70.2 cm³/mol. The third-order valence-corrected chi connectivity index (χ3v) is 2.46. The molecule has 19 heavy (non-hydrogen) atoms. The van der Waals surface area contributed by atoms with E-state index in [1.165, 1.54) is 6.08 Å². The van der Waals surface area contributed by atoms with E-state index in [2.05, 4.69) is 11.9 Å². The van der Waals surface area contributed by atoms with Gasteiger partial charge in [-0.2, -0.15) is 0 Å². The van der Waals surface area contributed by atoms with Crippen LogP contribution in [0.5, 0.6) is 0 Å². The predicted octanol–water partition coefficient (Wildman–Crippen LogP) is -0.815. The largest absolute Gasteiger partial charge is 0.480 e. The molecule has 0 unspecified atom stereocenters. The first-order chi connectivity index (χ1) is 8.79. The monoisotopic (exact) mass is 271 g/mol. The molecule has 0 spiro atoms. The van der Waals surface area contributed by atoms with Crippen molar-refractivity contribution in [3.63, 3.8) is 0 Å². The Hall–Kier alpha value is -1.89. The second-order valence-corrected chi connectivity index (χ2v) is 4.44. The Morgan fingerprint density at radius 3 is 2.42 bits per heavy atom. The number of carboxylic acid groups (broad SMARTS) is 1. The van der Waals surface area contributed by atoms with Gasteiger partial charge in [-0.25, -0.2) is 0 Å². The second-order valence-electron chi connectivity index (χ2n) is 4.44. The number of nitrogens with zero attached hydrogens (tertiary/aromatic N) is 1. The first-order valence-electron chi connectivity index (χ1n) is 5.93. The zero-order chi connectivity index (χ0) is 15.0. The molecule has 0 saturated carbocycles. The van der Waals surface area contributed by atoms with Gasteiger partial charge in [-0.15, -0.1) is 6.58 Å². The molecule has 7 nitrogen and oxygen atoms in total. The van der Waals surface area contributed by atoms with Gasteiger partial charge in [-0.1, -0.05) is 19.9 Å². The molecule has 0 radical (unpaired) electrons. The minimum Gasteiger partial charge on any atom is -0.480 e. The number of hydrogen-bond donors (Lipinski definition) is 3. The first kappa shape index (κ1) is 17.1. The van der Waals surface area contributed by atoms with Crippen molar-refractivity contribution in [2.45, 2.75) is 19.9 Å². The molecular formula is C12H21N3O4. The molecule has 4 N–H and O–H groups in total. The van der Waals surface area contributed by atoms with Gasteiger partial charge < -0.3 is 21.1 Å². The minimum atomic E-state index is -1.12. The van der Waals surface area contributed by atoms with E-state index in [0.717, 1.165) is 4.90 Å². The average molecular weight is 271 g/mol. The number of carbonyl (C=O) groups excluding carboxylic acids is 2. The van der Waals surface area contributed by atoms with Crippen molar-refractivity contribution in [2.24, 2.45) is 11.7 Å². The quantitative estimate of drug-likeness (QED) is 0.499. The lowest BCUT2D eigenvalue weighted by molar-refractivity contribution is -0.144. The molecule has 0 aromatic carbocycles. The van der Waals surface area contributed by atoms with Gasteiger partial charge in [0.05, 0.1) is 12.6 Å². The number of carboxylic acids is 1. The minimum absolute atomic E-state index is 0.0431. The summed E-state index contributed by atoms with van der Waals surface area (Å²) < 4.78 is 0. The van der Waals surface area contributed by atoms with E-state index >= 15 is 0 Å². The Bertz CT molecular complexity index is 355. The highest BCUT2D eigenvalue weighted by atomic mass is 16.4. The zero-order valence-corrected chi connectivity index (χ0v) is 11.3. The summed E-state index contributed by atoms with van der Waals surface area (Å²) in [6, 6.07) is -0.694. The lowest BCUT2D eigenvalue weighted by Gasteiger charge is -2.20. The zero-order valence-electron chi connectivity index (χ0n) is 11.3. The van der Waals surface area contributed by atoms with Gasteiger partial charge >= 0.3 is 5.97 Å². The van der Waals surface area contributed by atoms with Gasteiger partial charge in [0.2, 0.25) is 11.8 Å². The van der Waals surface area contributed by atoms with Gasteiger partial charge in [0.25, 0.3) is 0 Å². The van der Waals surface area contributed by atoms with Crippen LogP contribution in [0.25, 0.3) is 0 Å². The molecular weight excluding hydrogens is 250 g/mol. The summed E-state index contributed by atoms with van der Waals surface area (Å²) in [5.74, 6) is -2.09. The van der Waals surface area contributed by atoms with E-state index in [4.69, 9.17) is 10.8 Å². The summed E-state index contributed by atoms with van der Waals surface area (Å²) in [6.45, 7) is 6.42. The van der Waals surface area contributed by atoms with Crippen LogP contribution in [0.15, 0.2) is 12.7 Å². The third-order valence-electron chi connectivity index (χ3n) is 2.46. The number of amides is 2. The molecule has 0 fully saturated rings. The molecule has 0 aromatic rings. The van der Waals surface area contributed by atoms with Gasteiger partial charge in [-0.05, 0) is 5.92 Å². The molecule has 108 valence electrons. The van der Waals surface area contributed by atoms with Crippen LogP contribution in [0.4, 0.5) is 0 Å². The van der Waals surface area contributed by atoms with Gasteiger partial charge in [0.1, 0.15) is 6.54 Å². The molecule has 0 aromatic heterocycles. The molecule has 0 aliphatic rings. The fraction of sp³-hybridized carbons (Fsp3) is 0.583. The van der Waals surface area contributed by atoms with Gasteiger partial charge in [0, 0.05) is 6.54 Å². The van der Waals surface area contributed by atoms with E-state index in [1.807, 2.05) is 0 Å². The highest BCUT2D eigenvalue weighted by Gasteiger charge is 2.20. The lowest BCUT2D eigenvalue weighted by Crippen LogP contribution is -2.48. The number of aliphatic carboxylic acids is 1. The van der Waals surface area contributed by atoms with Crippen molar-refractivity contribution in [3.8, 4) is 0 Å². The molecule has 0 aliphatic heterocycles. The Kier molecular flexibility index (Phi) is 7.43. The normalized spacial score (nSPS) is 11.8. The number of hydrogen-bond acceptors (Lipinski definition) is 4. The molecule has 7 heteroatoms. The van der Waals surface area contributed by atoms with Crippen molar-refractivity contribution in [1.29, 1.82) is 0 Å². The molecule has 0 saturated heterocycles. The van der Waals surface area contributed by atoms with Crippen LogP contribution in [0.2, 0.25) is 0 Å². The van der Waals surface area contributed by atoms with Crippen molar-refractivity contribution in [1.82, 2.24) is 10.2 Å². The maximum atomic E-state index is 11.7. The van der Waals surface area contributed by atoms with Crippen LogP contribution < -0.4 is 11.1 Å². The highest BCUT2D eigenvalue weighted by molar-refractivity contribution is 5.88. The number of nitrogens with two attached hydrogens (primary N) is 1. The Labute approximate surface area is 112 Å². The smallest absolute Gasteiger partial charge is 0.323 e. The summed E-state index contributed by atoms with van der Waals surface area (Å²) in [4.78, 5) is 34.9. The van der Waals surface area contributed by atoms with Crippen LogP contribution >= 0.6 is 0 Å². The van der Waals surface area contributed by atoms with E-state index < -0.39 is 30.4 Å². The maximum absolute atomic E-state index is 11.7. The molecule has 0 heterocycles. The summed E-state index contributed by atoms with van der Waals surface area (Å²) in [5, 5.41) is 11.1. The molecule has 2 amide bonds. The third kappa shape index (κ3) is 6.56. The Morgan fingerprint density at radius 1 is 1.42 bits per heavy atom. The summed E-state index contributed by atoms with van der Waals surface area (Å²) in [6.07, 6.45) is 1.42. The van der Waals surface area contributed by atoms with Crippen molar-refractivity contribution >= 4 is 17.8 Å². The molecule has 0 bridgehead atoms. The van der Waals surface area contributed by atoms with Crippen molar-refractivity contribution < 1.29 is 19.5 Å². The Morgan fingerprint density at radius 2 is 2.00 bits per heavy atom. The summed E-state index contributed by atoms with van der Waals surface area (Å²) in [7, 11) is 0. The number of rotatable bonds is 8. The topological polar surface area (TPSA) is 113 Å². The average Bonchev–Trinajstić information content (AvgIpc) is 2.33. The van der Waals surface area contributed by atoms with Crippen molar-refractivity contribution in [2.75, 3.05) is 19.6 Å². The summed E-state index contributed by atoms with van der Waals surface area (Å²) in [5.41, 5.74) is 5.61. The molecule has 1 atom stereocenters. The van der Waals surface area contributed by atoms with Crippen molar-refractivity contribution in [3.05, 3.63) is 12.7 Å². The first-order valence-corrected chi connectivity index (χ1v) is 5.93. The second kappa shape index (κ2) is 8.25. The highest BCUT2D eigenvalue weighted by Crippen LogP contribution is 1.98. The standard InChI is InChI=1S/C12H21N3O4/c1-4-5-15(7-10(17)18)9(16)6-14-12(19)11(13)8(2)3/h4,8,11H,1,5-7,13H2,2-3H3,(H,14,19)(H,17,18)/t11-/m0/s1. The number of carbonyl (C=O) groups is 3. The Balaban J connectivity index is 4.37. The maximum Gasteiger partial charge on any atom is 0.323 e. The van der Waals surface area contributed by atoms with E-state index in [9.17, 15) is 14.4 Å². The number of nitrogens with one attached hydrogen (secondary N) is 1. The van der Waals surface area contributed by atoms with E-state index in [1.54, 1.807) is 13.8 Å². The fourth-order valence-electron chi connectivity index (χ4n) is 1.27. The summed E-state index contributed by atoms with van der Waals surface area (Å²) >= 11 is 0. The van der Waals surface area contributed by atoms with E-state index in [-0.39, 0.29) is 19.0 Å². The fourth-order valence-corrected chi connectivity index (χ4v) is 1.27. The molecule has 0 rings (SSSR count). The van der Waals surface area contributed by atoms with Gasteiger partial charge in [0.15, 0.2) is 0 Å². The SMILES string of the molecule is C=CCN(CC(=O)O)C(=O)CNC(=O)[C@@H](N)C(C)C. The van der Waals surface area contributed by atoms with Crippen LogP contribution in [-0.4, -0.2) is 53.5 Å². The molecule has 0 aliphatic carbocycles.